The minimum Gasteiger partial charge on any atom is -0.484 e. The maximum atomic E-state index is 11.9. The molecule has 6 heteroatoms. The number of aliphatic carboxylic acids is 1. The molecule has 1 N–H and O–H groups in total. The van der Waals surface area contributed by atoms with Gasteiger partial charge in [-0.05, 0) is 17.7 Å². The lowest BCUT2D eigenvalue weighted by Crippen LogP contribution is -2.42. The van der Waals surface area contributed by atoms with Crippen LogP contribution in [0.15, 0.2) is 24.3 Å². The monoisotopic (exact) mass is 279 g/mol. The highest BCUT2D eigenvalue weighted by Gasteiger charge is 2.17. The van der Waals surface area contributed by atoms with Crippen molar-refractivity contribution in [3.63, 3.8) is 0 Å². The Morgan fingerprint density at radius 1 is 1.20 bits per heavy atom. The van der Waals surface area contributed by atoms with Crippen LogP contribution in [-0.4, -0.2) is 54.8 Å². The molecule has 2 rings (SSSR count). The molecule has 1 aromatic carbocycles. The van der Waals surface area contributed by atoms with Crippen LogP contribution in [0.25, 0.3) is 0 Å². The first-order valence-electron chi connectivity index (χ1n) is 6.44. The summed E-state index contributed by atoms with van der Waals surface area (Å²) in [5, 5.41) is 8.66. The molecule has 0 bridgehead atoms. The Kier molecular flexibility index (Phi) is 4.95. The number of hydrogen-bond acceptors (Lipinski definition) is 4. The summed E-state index contributed by atoms with van der Waals surface area (Å²) in [5.41, 5.74) is 0.698. The van der Waals surface area contributed by atoms with Crippen LogP contribution in [0.3, 0.4) is 0 Å². The number of carbonyl (C=O) groups is 2. The van der Waals surface area contributed by atoms with Crippen molar-refractivity contribution in [1.82, 2.24) is 4.90 Å². The molecule has 0 unspecified atom stereocenters. The van der Waals surface area contributed by atoms with Crippen LogP contribution in [0.4, 0.5) is 0 Å². The number of carboxylic acids is 1. The van der Waals surface area contributed by atoms with Crippen molar-refractivity contribution in [3.8, 4) is 5.75 Å². The minimum absolute atomic E-state index is 0.0156. The molecule has 6 nitrogen and oxygen atoms in total. The zero-order valence-corrected chi connectivity index (χ0v) is 11.1. The highest BCUT2D eigenvalue weighted by molar-refractivity contribution is 5.77. The molecule has 0 saturated carbocycles. The van der Waals surface area contributed by atoms with E-state index in [0.717, 1.165) is 0 Å². The summed E-state index contributed by atoms with van der Waals surface area (Å²) in [6, 6.07) is 6.71. The van der Waals surface area contributed by atoms with Gasteiger partial charge >= 0.3 is 5.97 Å². The maximum absolute atomic E-state index is 11.9. The third-order valence-corrected chi connectivity index (χ3v) is 3.00. The molecule has 1 aliphatic heterocycles. The van der Waals surface area contributed by atoms with Crippen molar-refractivity contribution < 1.29 is 24.2 Å². The molecule has 1 fully saturated rings. The lowest BCUT2D eigenvalue weighted by Gasteiger charge is -2.26. The van der Waals surface area contributed by atoms with Crippen molar-refractivity contribution in [3.05, 3.63) is 29.8 Å². The molecule has 1 heterocycles. The number of amides is 1. The second-order valence-corrected chi connectivity index (χ2v) is 4.50. The largest absolute Gasteiger partial charge is 0.484 e. The van der Waals surface area contributed by atoms with Gasteiger partial charge in [-0.3, -0.25) is 9.59 Å². The van der Waals surface area contributed by atoms with E-state index in [-0.39, 0.29) is 18.9 Å². The smallest absolute Gasteiger partial charge is 0.307 e. The number of nitrogens with zero attached hydrogens (tertiary/aromatic N) is 1. The zero-order chi connectivity index (χ0) is 14.4. The lowest BCUT2D eigenvalue weighted by molar-refractivity contribution is -0.137. The third kappa shape index (κ3) is 4.24. The Hall–Kier alpha value is -2.08. The number of ether oxygens (including phenoxy) is 2. The van der Waals surface area contributed by atoms with E-state index in [1.165, 1.54) is 0 Å². The Labute approximate surface area is 116 Å². The molecule has 1 aliphatic rings. The summed E-state index contributed by atoms with van der Waals surface area (Å²) in [7, 11) is 0. The molecule has 20 heavy (non-hydrogen) atoms. The van der Waals surface area contributed by atoms with E-state index in [0.29, 0.717) is 37.6 Å². The first-order valence-corrected chi connectivity index (χ1v) is 6.44. The van der Waals surface area contributed by atoms with Gasteiger partial charge in [0.05, 0.1) is 19.6 Å². The van der Waals surface area contributed by atoms with Gasteiger partial charge in [-0.25, -0.2) is 0 Å². The minimum atomic E-state index is -0.874. The fraction of sp³-hybridized carbons (Fsp3) is 0.429. The normalized spacial score (nSPS) is 14.9. The average Bonchev–Trinajstić information content (AvgIpc) is 2.46. The number of carbonyl (C=O) groups excluding carboxylic acids is 1. The Bertz CT molecular complexity index is 465. The highest BCUT2D eigenvalue weighted by atomic mass is 16.5. The van der Waals surface area contributed by atoms with Crippen molar-refractivity contribution in [2.45, 2.75) is 6.42 Å². The average molecular weight is 279 g/mol. The van der Waals surface area contributed by atoms with Gasteiger partial charge < -0.3 is 19.5 Å². The van der Waals surface area contributed by atoms with Crippen LogP contribution >= 0.6 is 0 Å². The summed E-state index contributed by atoms with van der Waals surface area (Å²) in [6.07, 6.45) is -0.0208. The second-order valence-electron chi connectivity index (χ2n) is 4.50. The molecule has 0 aromatic heterocycles. The number of benzene rings is 1. The quantitative estimate of drug-likeness (QED) is 0.852. The number of hydrogen-bond donors (Lipinski definition) is 1. The number of rotatable bonds is 5. The third-order valence-electron chi connectivity index (χ3n) is 3.00. The van der Waals surface area contributed by atoms with E-state index in [2.05, 4.69) is 0 Å². The van der Waals surface area contributed by atoms with Gasteiger partial charge in [-0.2, -0.15) is 0 Å². The van der Waals surface area contributed by atoms with Crippen molar-refractivity contribution in [2.24, 2.45) is 0 Å². The first-order chi connectivity index (χ1) is 9.65. The van der Waals surface area contributed by atoms with Crippen LogP contribution in [0.2, 0.25) is 0 Å². The predicted molar refractivity (Wildman–Crippen MR) is 70.7 cm³/mol. The van der Waals surface area contributed by atoms with E-state index in [9.17, 15) is 9.59 Å². The Morgan fingerprint density at radius 2 is 1.85 bits per heavy atom. The van der Waals surface area contributed by atoms with Crippen LogP contribution < -0.4 is 4.74 Å². The molecular weight excluding hydrogens is 262 g/mol. The highest BCUT2D eigenvalue weighted by Crippen LogP contribution is 2.13. The van der Waals surface area contributed by atoms with Crippen molar-refractivity contribution in [2.75, 3.05) is 32.9 Å². The summed E-state index contributed by atoms with van der Waals surface area (Å²) in [6.45, 7) is 2.31. The van der Waals surface area contributed by atoms with Gasteiger partial charge in [0.15, 0.2) is 6.61 Å². The molecule has 1 saturated heterocycles. The molecular formula is C14H17NO5. The van der Waals surface area contributed by atoms with E-state index < -0.39 is 5.97 Å². The van der Waals surface area contributed by atoms with Gasteiger partial charge in [0, 0.05) is 13.1 Å². The van der Waals surface area contributed by atoms with E-state index in [4.69, 9.17) is 14.6 Å². The van der Waals surface area contributed by atoms with Gasteiger partial charge in [-0.1, -0.05) is 12.1 Å². The first kappa shape index (κ1) is 14.3. The lowest BCUT2D eigenvalue weighted by atomic mass is 10.1. The topological polar surface area (TPSA) is 76.1 Å². The second kappa shape index (κ2) is 6.91. The summed E-state index contributed by atoms with van der Waals surface area (Å²) in [5.74, 6) is -0.384. The fourth-order valence-corrected chi connectivity index (χ4v) is 1.93. The van der Waals surface area contributed by atoms with Crippen LogP contribution in [0, 0.1) is 0 Å². The molecule has 0 radical (unpaired) electrons. The SMILES string of the molecule is O=C(O)Cc1ccc(OCC(=O)N2CCOCC2)cc1. The van der Waals surface area contributed by atoms with E-state index in [1.807, 2.05) is 0 Å². The standard InChI is InChI=1S/C14H17NO5/c16-13(15-5-7-19-8-6-15)10-20-12-3-1-11(2-4-12)9-14(17)18/h1-4H,5-10H2,(H,17,18). The van der Waals surface area contributed by atoms with Crippen LogP contribution in [0.5, 0.6) is 5.75 Å². The zero-order valence-electron chi connectivity index (χ0n) is 11.1. The van der Waals surface area contributed by atoms with Crippen molar-refractivity contribution >= 4 is 11.9 Å². The molecule has 108 valence electrons. The molecule has 0 atom stereocenters. The Balaban J connectivity index is 1.81. The molecule has 1 aromatic rings. The molecule has 1 amide bonds. The fourth-order valence-electron chi connectivity index (χ4n) is 1.93. The summed E-state index contributed by atoms with van der Waals surface area (Å²) in [4.78, 5) is 24.1. The van der Waals surface area contributed by atoms with Gasteiger partial charge in [-0.15, -0.1) is 0 Å². The van der Waals surface area contributed by atoms with Crippen LogP contribution in [-0.2, 0) is 20.7 Å². The Morgan fingerprint density at radius 3 is 2.45 bits per heavy atom. The van der Waals surface area contributed by atoms with Gasteiger partial charge in [0.25, 0.3) is 5.91 Å². The predicted octanol–water partition coefficient (Wildman–Crippen LogP) is 0.551. The summed E-state index contributed by atoms with van der Waals surface area (Å²) < 4.78 is 10.6. The van der Waals surface area contributed by atoms with E-state index >= 15 is 0 Å². The number of carboxylic acid groups (broad SMARTS) is 1. The van der Waals surface area contributed by atoms with E-state index in [1.54, 1.807) is 29.2 Å². The molecule has 0 spiro atoms. The van der Waals surface area contributed by atoms with Gasteiger partial charge in [0.1, 0.15) is 5.75 Å². The van der Waals surface area contributed by atoms with Crippen LogP contribution in [0.1, 0.15) is 5.56 Å². The summed E-state index contributed by atoms with van der Waals surface area (Å²) >= 11 is 0. The maximum Gasteiger partial charge on any atom is 0.307 e. The van der Waals surface area contributed by atoms with Gasteiger partial charge in [0.2, 0.25) is 0 Å². The van der Waals surface area contributed by atoms with Crippen molar-refractivity contribution in [1.29, 1.82) is 0 Å². The molecule has 0 aliphatic carbocycles. The number of morpholine rings is 1.